The summed E-state index contributed by atoms with van der Waals surface area (Å²) in [6, 6.07) is 10.9. The highest BCUT2D eigenvalue weighted by Crippen LogP contribution is 2.30. The van der Waals surface area contributed by atoms with Gasteiger partial charge in [-0.05, 0) is 43.3 Å². The van der Waals surface area contributed by atoms with Crippen LogP contribution in [-0.2, 0) is 6.54 Å². The zero-order valence-electron chi connectivity index (χ0n) is 13.4. The van der Waals surface area contributed by atoms with Gasteiger partial charge in [-0.2, -0.15) is 0 Å². The molecule has 128 valence electrons. The van der Waals surface area contributed by atoms with E-state index in [1.807, 2.05) is 6.07 Å². The lowest BCUT2D eigenvalue weighted by molar-refractivity contribution is 0.0905. The first-order valence-electron chi connectivity index (χ1n) is 7.68. The van der Waals surface area contributed by atoms with Gasteiger partial charge >= 0.3 is 0 Å². The quantitative estimate of drug-likeness (QED) is 0.745. The summed E-state index contributed by atoms with van der Waals surface area (Å²) in [5, 5.41) is 16.6. The molecule has 3 aromatic rings. The standard InChI is InChI=1S/C18H16FN3O3/c1-11(23)15-16(12-5-7-13(19)8-6-12)22-25-17(15)18(24)21-10-14-4-2-3-9-20-14/h2-9,11,23H,10H2,1H3,(H,21,24). The number of hydrogen-bond acceptors (Lipinski definition) is 5. The molecule has 1 atom stereocenters. The molecule has 1 unspecified atom stereocenters. The molecule has 0 aliphatic carbocycles. The van der Waals surface area contributed by atoms with E-state index in [2.05, 4.69) is 15.5 Å². The molecule has 25 heavy (non-hydrogen) atoms. The fourth-order valence-electron chi connectivity index (χ4n) is 2.42. The normalized spacial score (nSPS) is 12.0. The summed E-state index contributed by atoms with van der Waals surface area (Å²) in [6.45, 7) is 1.72. The third kappa shape index (κ3) is 3.72. The maximum absolute atomic E-state index is 13.1. The second-order valence-electron chi connectivity index (χ2n) is 5.46. The second kappa shape index (κ2) is 7.23. The Balaban J connectivity index is 1.86. The van der Waals surface area contributed by atoms with Crippen molar-refractivity contribution in [1.82, 2.24) is 15.5 Å². The predicted molar refractivity (Wildman–Crippen MR) is 87.9 cm³/mol. The Morgan fingerprint density at radius 3 is 2.68 bits per heavy atom. The van der Waals surface area contributed by atoms with Crippen LogP contribution in [0.15, 0.2) is 53.2 Å². The summed E-state index contributed by atoms with van der Waals surface area (Å²) < 4.78 is 18.2. The molecule has 0 spiro atoms. The number of benzene rings is 1. The minimum Gasteiger partial charge on any atom is -0.388 e. The van der Waals surface area contributed by atoms with Crippen molar-refractivity contribution in [1.29, 1.82) is 0 Å². The lowest BCUT2D eigenvalue weighted by atomic mass is 10.0. The fraction of sp³-hybridized carbons (Fsp3) is 0.167. The Morgan fingerprint density at radius 2 is 2.04 bits per heavy atom. The summed E-state index contributed by atoms with van der Waals surface area (Å²) in [5.74, 6) is -0.980. The highest BCUT2D eigenvalue weighted by atomic mass is 19.1. The van der Waals surface area contributed by atoms with E-state index < -0.39 is 12.0 Å². The van der Waals surface area contributed by atoms with Crippen molar-refractivity contribution < 1.29 is 18.8 Å². The number of aliphatic hydroxyl groups is 1. The fourth-order valence-corrected chi connectivity index (χ4v) is 2.42. The number of nitrogens with one attached hydrogen (secondary N) is 1. The van der Waals surface area contributed by atoms with Crippen LogP contribution in [-0.4, -0.2) is 21.2 Å². The first kappa shape index (κ1) is 16.8. The molecule has 1 amide bonds. The van der Waals surface area contributed by atoms with Crippen molar-refractivity contribution in [3.05, 3.63) is 71.5 Å². The van der Waals surface area contributed by atoms with Gasteiger partial charge < -0.3 is 14.9 Å². The number of rotatable bonds is 5. The molecule has 7 heteroatoms. The first-order chi connectivity index (χ1) is 12.1. The average Bonchev–Trinajstić information content (AvgIpc) is 3.06. The molecule has 2 aromatic heterocycles. The minimum absolute atomic E-state index is 0.0785. The number of nitrogens with zero attached hydrogens (tertiary/aromatic N) is 2. The van der Waals surface area contributed by atoms with E-state index in [1.165, 1.54) is 31.2 Å². The van der Waals surface area contributed by atoms with Crippen LogP contribution in [0.2, 0.25) is 0 Å². The number of carbonyl (C=O) groups excluding carboxylic acids is 1. The van der Waals surface area contributed by atoms with E-state index in [0.717, 1.165) is 0 Å². The lowest BCUT2D eigenvalue weighted by Crippen LogP contribution is -2.24. The number of aliphatic hydroxyl groups excluding tert-OH is 1. The van der Waals surface area contributed by atoms with Crippen LogP contribution in [0.3, 0.4) is 0 Å². The highest BCUT2D eigenvalue weighted by Gasteiger charge is 2.26. The van der Waals surface area contributed by atoms with Gasteiger partial charge in [0.05, 0.1) is 23.9 Å². The van der Waals surface area contributed by atoms with Crippen molar-refractivity contribution in [2.24, 2.45) is 0 Å². The Kier molecular flexibility index (Phi) is 4.85. The van der Waals surface area contributed by atoms with Crippen LogP contribution in [0, 0.1) is 5.82 Å². The number of hydrogen-bond donors (Lipinski definition) is 2. The molecule has 2 heterocycles. The summed E-state index contributed by atoms with van der Waals surface area (Å²) in [7, 11) is 0. The molecule has 0 fully saturated rings. The maximum atomic E-state index is 13.1. The third-order valence-electron chi connectivity index (χ3n) is 3.63. The first-order valence-corrected chi connectivity index (χ1v) is 7.68. The number of halogens is 1. The van der Waals surface area contributed by atoms with Crippen LogP contribution < -0.4 is 5.32 Å². The van der Waals surface area contributed by atoms with Crippen LogP contribution in [0.5, 0.6) is 0 Å². The summed E-state index contributed by atoms with van der Waals surface area (Å²) >= 11 is 0. The number of aromatic nitrogens is 2. The Bertz CT molecular complexity index is 861. The van der Waals surface area contributed by atoms with E-state index in [4.69, 9.17) is 4.52 Å². The molecule has 6 nitrogen and oxygen atoms in total. The molecule has 0 saturated heterocycles. The van der Waals surface area contributed by atoms with Gasteiger partial charge in [0.1, 0.15) is 11.5 Å². The summed E-state index contributed by atoms with van der Waals surface area (Å²) in [5.41, 5.74) is 1.79. The number of pyridine rings is 1. The second-order valence-corrected chi connectivity index (χ2v) is 5.46. The molecule has 2 N–H and O–H groups in total. The van der Waals surface area contributed by atoms with Crippen LogP contribution >= 0.6 is 0 Å². The topological polar surface area (TPSA) is 88.2 Å². The molecular weight excluding hydrogens is 325 g/mol. The van der Waals surface area contributed by atoms with Gasteiger partial charge in [-0.25, -0.2) is 4.39 Å². The Labute approximate surface area is 143 Å². The molecule has 3 rings (SSSR count). The molecule has 0 saturated carbocycles. The Morgan fingerprint density at radius 1 is 1.28 bits per heavy atom. The smallest absolute Gasteiger partial charge is 0.290 e. The van der Waals surface area contributed by atoms with Crippen molar-refractivity contribution in [3.63, 3.8) is 0 Å². The summed E-state index contributed by atoms with van der Waals surface area (Å²) in [4.78, 5) is 16.5. The highest BCUT2D eigenvalue weighted by molar-refractivity contribution is 5.94. The monoisotopic (exact) mass is 341 g/mol. The van der Waals surface area contributed by atoms with E-state index in [1.54, 1.807) is 18.3 Å². The minimum atomic E-state index is -0.984. The zero-order chi connectivity index (χ0) is 17.8. The van der Waals surface area contributed by atoms with Crippen molar-refractivity contribution in [2.75, 3.05) is 0 Å². The molecule has 0 radical (unpaired) electrons. The van der Waals surface area contributed by atoms with Gasteiger partial charge in [0.25, 0.3) is 5.91 Å². The van der Waals surface area contributed by atoms with Gasteiger partial charge in [-0.15, -0.1) is 0 Å². The molecular formula is C18H16FN3O3. The van der Waals surface area contributed by atoms with Crippen molar-refractivity contribution >= 4 is 5.91 Å². The van der Waals surface area contributed by atoms with E-state index in [9.17, 15) is 14.3 Å². The zero-order valence-corrected chi connectivity index (χ0v) is 13.4. The number of carbonyl (C=O) groups is 1. The maximum Gasteiger partial charge on any atom is 0.290 e. The molecule has 1 aromatic carbocycles. The van der Waals surface area contributed by atoms with Crippen LogP contribution in [0.1, 0.15) is 34.8 Å². The third-order valence-corrected chi connectivity index (χ3v) is 3.63. The Hall–Kier alpha value is -3.06. The van der Waals surface area contributed by atoms with E-state index in [0.29, 0.717) is 17.0 Å². The lowest BCUT2D eigenvalue weighted by Gasteiger charge is -2.07. The van der Waals surface area contributed by atoms with Gasteiger partial charge in [-0.3, -0.25) is 9.78 Å². The predicted octanol–water partition coefficient (Wildman–Crippen LogP) is 2.86. The van der Waals surface area contributed by atoms with Gasteiger partial charge in [-0.1, -0.05) is 11.2 Å². The largest absolute Gasteiger partial charge is 0.388 e. The van der Waals surface area contributed by atoms with Gasteiger partial charge in [0.2, 0.25) is 5.76 Å². The van der Waals surface area contributed by atoms with Gasteiger partial charge in [0, 0.05) is 11.8 Å². The van der Waals surface area contributed by atoms with E-state index >= 15 is 0 Å². The van der Waals surface area contributed by atoms with Gasteiger partial charge in [0.15, 0.2) is 0 Å². The van der Waals surface area contributed by atoms with Crippen molar-refractivity contribution in [2.45, 2.75) is 19.6 Å². The van der Waals surface area contributed by atoms with Crippen molar-refractivity contribution in [3.8, 4) is 11.3 Å². The molecule has 0 aliphatic rings. The van der Waals surface area contributed by atoms with Crippen LogP contribution in [0.25, 0.3) is 11.3 Å². The SMILES string of the molecule is CC(O)c1c(-c2ccc(F)cc2)noc1C(=O)NCc1ccccn1. The summed E-state index contributed by atoms with van der Waals surface area (Å²) in [6.07, 6.45) is 0.644. The van der Waals surface area contributed by atoms with E-state index in [-0.39, 0.29) is 23.7 Å². The number of amides is 1. The molecule has 0 bridgehead atoms. The average molecular weight is 341 g/mol. The van der Waals surface area contributed by atoms with Crippen LogP contribution in [0.4, 0.5) is 4.39 Å². The molecule has 0 aliphatic heterocycles.